The molecule has 0 aromatic heterocycles. The van der Waals surface area contributed by atoms with Gasteiger partial charge in [-0.15, -0.1) is 0 Å². The highest BCUT2D eigenvalue weighted by atomic mass is 32.2. The second kappa shape index (κ2) is 8.07. The lowest BCUT2D eigenvalue weighted by Crippen LogP contribution is -2.15. The molecule has 0 aliphatic rings. The Morgan fingerprint density at radius 1 is 1.42 bits per heavy atom. The van der Waals surface area contributed by atoms with Gasteiger partial charge in [-0.05, 0) is 24.1 Å². The van der Waals surface area contributed by atoms with Gasteiger partial charge in [0.05, 0.1) is 0 Å². The van der Waals surface area contributed by atoms with Crippen molar-refractivity contribution >= 4 is 22.4 Å². The lowest BCUT2D eigenvalue weighted by Gasteiger charge is -2.07. The number of carbonyl (C=O) groups is 1. The molecule has 0 heterocycles. The van der Waals surface area contributed by atoms with Gasteiger partial charge in [0.15, 0.2) is 0 Å². The third kappa shape index (κ3) is 5.98. The van der Waals surface area contributed by atoms with Crippen molar-refractivity contribution in [3.8, 4) is 0 Å². The predicted molar refractivity (Wildman–Crippen MR) is 80.3 cm³/mol. The van der Waals surface area contributed by atoms with E-state index in [1.807, 2.05) is 38.1 Å². The molecular formula is C14H22N2O2S. The summed E-state index contributed by atoms with van der Waals surface area (Å²) in [5.41, 5.74) is 7.29. The lowest BCUT2D eigenvalue weighted by molar-refractivity contribution is -0.116. The first-order chi connectivity index (χ1) is 9.02. The minimum absolute atomic E-state index is 0.0464. The molecule has 1 amide bonds. The summed E-state index contributed by atoms with van der Waals surface area (Å²) in [4.78, 5) is 11.7. The maximum absolute atomic E-state index is 11.7. The average molecular weight is 282 g/mol. The maximum Gasteiger partial charge on any atom is 0.224 e. The van der Waals surface area contributed by atoms with Gasteiger partial charge >= 0.3 is 0 Å². The first-order valence-corrected chi connectivity index (χ1v) is 7.87. The number of nitrogens with two attached hydrogens (primary N) is 1. The summed E-state index contributed by atoms with van der Waals surface area (Å²) in [6.45, 7) is 4.31. The van der Waals surface area contributed by atoms with Gasteiger partial charge in [-0.1, -0.05) is 26.0 Å². The fourth-order valence-electron chi connectivity index (χ4n) is 1.61. The Labute approximate surface area is 117 Å². The van der Waals surface area contributed by atoms with Gasteiger partial charge in [0.25, 0.3) is 0 Å². The van der Waals surface area contributed by atoms with E-state index in [-0.39, 0.29) is 11.2 Å². The van der Waals surface area contributed by atoms with Gasteiger partial charge in [0, 0.05) is 40.5 Å². The average Bonchev–Trinajstić information content (AvgIpc) is 2.38. The Kier molecular flexibility index (Phi) is 6.73. The minimum Gasteiger partial charge on any atom is -0.326 e. The third-order valence-electron chi connectivity index (χ3n) is 2.72. The summed E-state index contributed by atoms with van der Waals surface area (Å²) in [5.74, 6) is 0.531. The van der Waals surface area contributed by atoms with E-state index >= 15 is 0 Å². The van der Waals surface area contributed by atoms with E-state index in [1.165, 1.54) is 0 Å². The molecule has 19 heavy (non-hydrogen) atoms. The van der Waals surface area contributed by atoms with Gasteiger partial charge in [-0.2, -0.15) is 0 Å². The van der Waals surface area contributed by atoms with Crippen LogP contribution in [-0.2, 0) is 22.1 Å². The molecule has 0 radical (unpaired) electrons. The number of nitrogens with one attached hydrogen (secondary N) is 1. The van der Waals surface area contributed by atoms with Crippen LogP contribution in [0.3, 0.4) is 0 Å². The minimum atomic E-state index is -0.836. The molecule has 4 nitrogen and oxygen atoms in total. The zero-order valence-electron chi connectivity index (χ0n) is 11.5. The maximum atomic E-state index is 11.7. The first-order valence-electron chi connectivity index (χ1n) is 6.49. The van der Waals surface area contributed by atoms with Crippen molar-refractivity contribution in [2.45, 2.75) is 38.5 Å². The predicted octanol–water partition coefficient (Wildman–Crippen LogP) is 2.02. The van der Waals surface area contributed by atoms with Gasteiger partial charge in [-0.25, -0.2) is 0 Å². The van der Waals surface area contributed by atoms with Crippen molar-refractivity contribution in [1.29, 1.82) is 0 Å². The van der Waals surface area contributed by atoms with Crippen LogP contribution >= 0.6 is 0 Å². The SMILES string of the molecule is CC(C)S(=O)CCCC(=O)Nc1cccc(CN)c1. The molecule has 0 aliphatic carbocycles. The van der Waals surface area contributed by atoms with Crippen LogP contribution in [0.15, 0.2) is 24.3 Å². The van der Waals surface area contributed by atoms with E-state index in [0.29, 0.717) is 25.1 Å². The molecule has 5 heteroatoms. The zero-order valence-corrected chi connectivity index (χ0v) is 12.3. The van der Waals surface area contributed by atoms with Gasteiger partial charge in [0.1, 0.15) is 0 Å². The molecule has 1 aromatic carbocycles. The highest BCUT2D eigenvalue weighted by molar-refractivity contribution is 7.85. The summed E-state index contributed by atoms with van der Waals surface area (Å²) >= 11 is 0. The number of hydrogen-bond acceptors (Lipinski definition) is 3. The molecule has 106 valence electrons. The van der Waals surface area contributed by atoms with Crippen LogP contribution < -0.4 is 11.1 Å². The summed E-state index contributed by atoms with van der Waals surface area (Å²) in [6, 6.07) is 7.49. The van der Waals surface area contributed by atoms with Crippen LogP contribution in [0.5, 0.6) is 0 Å². The van der Waals surface area contributed by atoms with Crippen LogP contribution in [0.25, 0.3) is 0 Å². The smallest absolute Gasteiger partial charge is 0.224 e. The number of benzene rings is 1. The molecule has 1 atom stereocenters. The molecule has 0 spiro atoms. The summed E-state index contributed by atoms with van der Waals surface area (Å²) < 4.78 is 11.5. The topological polar surface area (TPSA) is 72.2 Å². The second-order valence-corrected chi connectivity index (χ2v) is 6.80. The van der Waals surface area contributed by atoms with E-state index in [1.54, 1.807) is 0 Å². The zero-order chi connectivity index (χ0) is 14.3. The molecule has 0 saturated heterocycles. The highest BCUT2D eigenvalue weighted by Crippen LogP contribution is 2.11. The third-order valence-corrected chi connectivity index (χ3v) is 4.46. The highest BCUT2D eigenvalue weighted by Gasteiger charge is 2.07. The van der Waals surface area contributed by atoms with Crippen LogP contribution in [0, 0.1) is 0 Å². The summed E-state index contributed by atoms with van der Waals surface area (Å²) in [5, 5.41) is 2.98. The summed E-state index contributed by atoms with van der Waals surface area (Å²) in [7, 11) is -0.836. The number of hydrogen-bond donors (Lipinski definition) is 2. The largest absolute Gasteiger partial charge is 0.326 e. The number of carbonyl (C=O) groups excluding carboxylic acids is 1. The molecule has 1 rings (SSSR count). The number of rotatable bonds is 7. The summed E-state index contributed by atoms with van der Waals surface area (Å²) in [6.07, 6.45) is 1.04. The van der Waals surface area contributed by atoms with Crippen molar-refractivity contribution in [2.24, 2.45) is 5.73 Å². The van der Waals surface area contributed by atoms with Crippen molar-refractivity contribution in [3.05, 3.63) is 29.8 Å². The second-order valence-electron chi connectivity index (χ2n) is 4.69. The Morgan fingerprint density at radius 2 is 2.16 bits per heavy atom. The van der Waals surface area contributed by atoms with Gasteiger partial charge < -0.3 is 11.1 Å². The van der Waals surface area contributed by atoms with Crippen LogP contribution in [0.1, 0.15) is 32.3 Å². The molecule has 1 unspecified atom stereocenters. The monoisotopic (exact) mass is 282 g/mol. The lowest BCUT2D eigenvalue weighted by atomic mass is 10.2. The fraction of sp³-hybridized carbons (Fsp3) is 0.500. The van der Waals surface area contributed by atoms with E-state index < -0.39 is 10.8 Å². The molecule has 0 saturated carbocycles. The van der Waals surface area contributed by atoms with Gasteiger partial charge in [-0.3, -0.25) is 9.00 Å². The first kappa shape index (κ1) is 15.9. The Bertz CT molecular complexity index is 447. The number of anilines is 1. The standard InChI is InChI=1S/C14H22N2O2S/c1-11(2)19(18)8-4-7-14(17)16-13-6-3-5-12(9-13)10-15/h3,5-6,9,11H,4,7-8,10,15H2,1-2H3,(H,16,17). The quantitative estimate of drug-likeness (QED) is 0.803. The Hall–Kier alpha value is -1.20. The van der Waals surface area contributed by atoms with E-state index in [2.05, 4.69) is 5.32 Å². The van der Waals surface area contributed by atoms with Crippen LogP contribution in [0.2, 0.25) is 0 Å². The number of amides is 1. The molecule has 0 bridgehead atoms. The van der Waals surface area contributed by atoms with Crippen molar-refractivity contribution < 1.29 is 9.00 Å². The van der Waals surface area contributed by atoms with E-state index in [9.17, 15) is 9.00 Å². The molecule has 0 fully saturated rings. The Balaban J connectivity index is 2.36. The Morgan fingerprint density at radius 3 is 2.79 bits per heavy atom. The molecule has 3 N–H and O–H groups in total. The van der Waals surface area contributed by atoms with Crippen LogP contribution in [0.4, 0.5) is 5.69 Å². The molecule has 0 aliphatic heterocycles. The van der Waals surface area contributed by atoms with Crippen molar-refractivity contribution in [2.75, 3.05) is 11.1 Å². The molecular weight excluding hydrogens is 260 g/mol. The molecule has 1 aromatic rings. The fourth-order valence-corrected chi connectivity index (χ4v) is 2.51. The van der Waals surface area contributed by atoms with Crippen molar-refractivity contribution in [1.82, 2.24) is 0 Å². The van der Waals surface area contributed by atoms with E-state index in [0.717, 1.165) is 11.3 Å². The van der Waals surface area contributed by atoms with E-state index in [4.69, 9.17) is 5.73 Å². The van der Waals surface area contributed by atoms with Gasteiger partial charge in [0.2, 0.25) is 5.91 Å². The van der Waals surface area contributed by atoms with Crippen molar-refractivity contribution in [3.63, 3.8) is 0 Å². The normalized spacial score (nSPS) is 12.4. The van der Waals surface area contributed by atoms with Crippen LogP contribution in [-0.4, -0.2) is 21.1 Å².